The van der Waals surface area contributed by atoms with Crippen molar-refractivity contribution in [3.63, 3.8) is 0 Å². The molecule has 3 aromatic rings. The van der Waals surface area contributed by atoms with Crippen LogP contribution in [0.15, 0.2) is 41.5 Å². The molecular formula is C16H12FN3O4. The van der Waals surface area contributed by atoms with Crippen LogP contribution in [0.2, 0.25) is 0 Å². The molecule has 2 aromatic heterocycles. The van der Waals surface area contributed by atoms with E-state index in [0.29, 0.717) is 0 Å². The van der Waals surface area contributed by atoms with Crippen LogP contribution in [0.3, 0.4) is 0 Å². The predicted molar refractivity (Wildman–Crippen MR) is 82.8 cm³/mol. The third kappa shape index (κ3) is 2.69. The van der Waals surface area contributed by atoms with Gasteiger partial charge in [-0.05, 0) is 12.1 Å². The van der Waals surface area contributed by atoms with Crippen molar-refractivity contribution in [3.8, 4) is 11.3 Å². The number of aliphatic hydroxyl groups is 1. The van der Waals surface area contributed by atoms with Crippen molar-refractivity contribution in [3.05, 3.63) is 57.9 Å². The molecule has 24 heavy (non-hydrogen) atoms. The van der Waals surface area contributed by atoms with Gasteiger partial charge in [-0.2, -0.15) is 5.10 Å². The first kappa shape index (κ1) is 15.6. The Morgan fingerprint density at radius 3 is 2.67 bits per heavy atom. The number of aromatic nitrogens is 3. The summed E-state index contributed by atoms with van der Waals surface area (Å²) in [5, 5.41) is 22.6. The number of aliphatic carboxylic acids is 1. The molecule has 7 nitrogen and oxygen atoms in total. The average Bonchev–Trinajstić information content (AvgIpc) is 3.01. The number of rotatable bonds is 4. The molecule has 0 saturated carbocycles. The second-order valence-corrected chi connectivity index (χ2v) is 5.08. The van der Waals surface area contributed by atoms with Crippen molar-refractivity contribution in [1.29, 1.82) is 0 Å². The molecule has 1 aromatic carbocycles. The van der Waals surface area contributed by atoms with Crippen molar-refractivity contribution >= 4 is 17.4 Å². The normalized spacial score (nSPS) is 12.4. The van der Waals surface area contributed by atoms with E-state index in [1.807, 2.05) is 0 Å². The molecule has 0 bridgehead atoms. The number of halogens is 1. The smallest absolute Gasteiger partial charge is 0.303 e. The molecule has 3 rings (SSSR count). The Kier molecular flexibility index (Phi) is 3.95. The number of aliphatic hydroxyl groups excluding tert-OH is 1. The van der Waals surface area contributed by atoms with Crippen molar-refractivity contribution in [2.75, 3.05) is 0 Å². The van der Waals surface area contributed by atoms with Crippen LogP contribution in [0.25, 0.3) is 22.7 Å². The Balaban J connectivity index is 2.29. The second kappa shape index (κ2) is 6.07. The molecule has 0 unspecified atom stereocenters. The highest BCUT2D eigenvalue weighted by Gasteiger charge is 2.15. The number of hydrogen-bond donors (Lipinski definition) is 2. The molecule has 0 spiro atoms. The summed E-state index contributed by atoms with van der Waals surface area (Å²) >= 11 is 0. The largest absolute Gasteiger partial charge is 0.511 e. The van der Waals surface area contributed by atoms with Gasteiger partial charge < -0.3 is 10.2 Å². The molecule has 0 aliphatic heterocycles. The van der Waals surface area contributed by atoms with Crippen LogP contribution in [0.1, 0.15) is 12.8 Å². The maximum absolute atomic E-state index is 14.0. The minimum Gasteiger partial charge on any atom is -0.511 e. The van der Waals surface area contributed by atoms with Crippen LogP contribution < -0.4 is 10.6 Å². The number of carboxylic acid groups (broad SMARTS) is 1. The monoisotopic (exact) mass is 329 g/mol. The van der Waals surface area contributed by atoms with Gasteiger partial charge in [0.25, 0.3) is 0 Å². The Morgan fingerprint density at radius 2 is 1.96 bits per heavy atom. The van der Waals surface area contributed by atoms with Crippen LogP contribution in [-0.2, 0) is 4.79 Å². The van der Waals surface area contributed by atoms with Gasteiger partial charge in [0.1, 0.15) is 23.1 Å². The highest BCUT2D eigenvalue weighted by Crippen LogP contribution is 2.20. The van der Waals surface area contributed by atoms with Crippen LogP contribution in [0.5, 0.6) is 0 Å². The fourth-order valence-corrected chi connectivity index (χ4v) is 2.44. The number of nitrogens with zero attached hydrogens (tertiary/aromatic N) is 3. The summed E-state index contributed by atoms with van der Waals surface area (Å²) in [5.41, 5.74) is -0.178. The van der Waals surface area contributed by atoms with Gasteiger partial charge >= 0.3 is 5.97 Å². The highest BCUT2D eigenvalue weighted by molar-refractivity contribution is 5.69. The van der Waals surface area contributed by atoms with Gasteiger partial charge in [-0.1, -0.05) is 12.1 Å². The molecule has 0 fully saturated rings. The zero-order chi connectivity index (χ0) is 17.3. The Hall–Kier alpha value is -3.29. The Labute approximate surface area is 134 Å². The first-order chi connectivity index (χ1) is 11.5. The number of hydrogen-bond acceptors (Lipinski definition) is 5. The van der Waals surface area contributed by atoms with E-state index in [1.54, 1.807) is 6.07 Å². The van der Waals surface area contributed by atoms with Crippen molar-refractivity contribution in [2.24, 2.45) is 0 Å². The summed E-state index contributed by atoms with van der Waals surface area (Å²) in [5.74, 6) is -2.02. The van der Waals surface area contributed by atoms with E-state index in [0.717, 1.165) is 6.07 Å². The lowest BCUT2D eigenvalue weighted by molar-refractivity contribution is -0.136. The van der Waals surface area contributed by atoms with Gasteiger partial charge in [0.2, 0.25) is 0 Å². The van der Waals surface area contributed by atoms with E-state index in [4.69, 9.17) is 5.11 Å². The third-order valence-electron chi connectivity index (χ3n) is 3.53. The van der Waals surface area contributed by atoms with Gasteiger partial charge in [0.15, 0.2) is 11.1 Å². The number of fused-ring (bicyclic) bond motifs is 1. The third-order valence-corrected chi connectivity index (χ3v) is 3.53. The molecule has 0 aliphatic rings. The average molecular weight is 329 g/mol. The van der Waals surface area contributed by atoms with Crippen LogP contribution >= 0.6 is 0 Å². The molecule has 0 radical (unpaired) electrons. The quantitative estimate of drug-likeness (QED) is 0.744. The molecule has 2 N–H and O–H groups in total. The summed E-state index contributed by atoms with van der Waals surface area (Å²) in [7, 11) is 0. The van der Waals surface area contributed by atoms with Crippen LogP contribution in [0, 0.1) is 5.82 Å². The maximum Gasteiger partial charge on any atom is 0.303 e. The Morgan fingerprint density at radius 1 is 1.21 bits per heavy atom. The lowest BCUT2D eigenvalue weighted by atomic mass is 10.1. The topological polar surface area (TPSA) is 105 Å². The lowest BCUT2D eigenvalue weighted by Crippen LogP contribution is -2.30. The fourth-order valence-electron chi connectivity index (χ4n) is 2.44. The van der Waals surface area contributed by atoms with Crippen LogP contribution in [0.4, 0.5) is 4.39 Å². The summed E-state index contributed by atoms with van der Waals surface area (Å²) in [6.45, 7) is 0. The van der Waals surface area contributed by atoms with Gasteiger partial charge in [-0.15, -0.1) is 0 Å². The van der Waals surface area contributed by atoms with E-state index >= 15 is 0 Å². The highest BCUT2D eigenvalue weighted by atomic mass is 19.1. The number of carboxylic acids is 1. The van der Waals surface area contributed by atoms with E-state index < -0.39 is 17.2 Å². The first-order valence-corrected chi connectivity index (χ1v) is 7.04. The van der Waals surface area contributed by atoms with Gasteiger partial charge in [0.05, 0.1) is 12.1 Å². The van der Waals surface area contributed by atoms with Gasteiger partial charge in [0, 0.05) is 18.1 Å². The number of pyridine rings is 1. The lowest BCUT2D eigenvalue weighted by Gasteiger charge is -2.06. The molecule has 0 amide bonds. The van der Waals surface area contributed by atoms with Crippen molar-refractivity contribution < 1.29 is 19.4 Å². The van der Waals surface area contributed by atoms with E-state index in [-0.39, 0.29) is 40.7 Å². The second-order valence-electron chi connectivity index (χ2n) is 5.08. The molecule has 0 aliphatic carbocycles. The predicted octanol–water partition coefficient (Wildman–Crippen LogP) is 1.15. The summed E-state index contributed by atoms with van der Waals surface area (Å²) in [6.07, 6.45) is 0.625. The fraction of sp³-hybridized carbons (Fsp3) is 0.125. The van der Waals surface area contributed by atoms with E-state index in [1.165, 1.54) is 29.0 Å². The first-order valence-electron chi connectivity index (χ1n) is 7.04. The zero-order valence-electron chi connectivity index (χ0n) is 12.3. The molecule has 8 heteroatoms. The van der Waals surface area contributed by atoms with Crippen molar-refractivity contribution in [1.82, 2.24) is 14.6 Å². The summed E-state index contributed by atoms with van der Waals surface area (Å²) in [6, 6.07) is 7.05. The van der Waals surface area contributed by atoms with Gasteiger partial charge in [-0.3, -0.25) is 9.59 Å². The molecule has 122 valence electrons. The molecule has 2 heterocycles. The summed E-state index contributed by atoms with van der Waals surface area (Å²) in [4.78, 5) is 27.0. The summed E-state index contributed by atoms with van der Waals surface area (Å²) < 4.78 is 15.3. The minimum atomic E-state index is -1.10. The van der Waals surface area contributed by atoms with Crippen LogP contribution in [-0.4, -0.2) is 30.8 Å². The number of carbonyl (C=O) groups is 1. The Bertz CT molecular complexity index is 1050. The zero-order valence-corrected chi connectivity index (χ0v) is 12.3. The van der Waals surface area contributed by atoms with Crippen molar-refractivity contribution in [2.45, 2.75) is 12.8 Å². The molecule has 0 atom stereocenters. The maximum atomic E-state index is 14.0. The molecule has 0 saturated heterocycles. The molecular weight excluding hydrogens is 317 g/mol. The SMILES string of the molecule is O=C(O)CC/C(O)=c1\c(=O)cc(-c2ccccc2F)n2ncnc12. The standard InChI is InChI=1S/C16H12FN3O4/c17-10-4-2-1-3-9(10)11-7-13(22)15(12(21)5-6-14(23)24)16-18-8-19-20(11)16/h1-4,7-8,21H,5-6H2,(H,23,24)/b15-12-. The van der Waals surface area contributed by atoms with E-state index in [9.17, 15) is 19.1 Å². The number of benzene rings is 1. The van der Waals surface area contributed by atoms with E-state index in [2.05, 4.69) is 10.1 Å². The minimum absolute atomic E-state index is 0.0450. The van der Waals surface area contributed by atoms with Gasteiger partial charge in [-0.25, -0.2) is 13.9 Å².